The third-order valence-electron chi connectivity index (χ3n) is 3.35. The van der Waals surface area contributed by atoms with E-state index in [9.17, 15) is 14.9 Å². The molecule has 0 spiro atoms. The summed E-state index contributed by atoms with van der Waals surface area (Å²) in [6, 6.07) is 4.79. The molecule has 1 N–H and O–H groups in total. The molecule has 21 heavy (non-hydrogen) atoms. The Morgan fingerprint density at radius 2 is 2.38 bits per heavy atom. The highest BCUT2D eigenvalue weighted by molar-refractivity contribution is 5.92. The van der Waals surface area contributed by atoms with E-state index in [0.29, 0.717) is 6.42 Å². The summed E-state index contributed by atoms with van der Waals surface area (Å²) in [5.41, 5.74) is 0.0362. The lowest BCUT2D eigenvalue weighted by Gasteiger charge is -2.23. The highest BCUT2D eigenvalue weighted by Crippen LogP contribution is 2.14. The molecule has 1 amide bonds. The molecule has 2 aromatic rings. The van der Waals surface area contributed by atoms with Crippen molar-refractivity contribution in [2.75, 3.05) is 7.05 Å². The zero-order valence-corrected chi connectivity index (χ0v) is 11.8. The van der Waals surface area contributed by atoms with Gasteiger partial charge in [-0.2, -0.15) is 0 Å². The van der Waals surface area contributed by atoms with E-state index in [1.165, 1.54) is 4.90 Å². The van der Waals surface area contributed by atoms with Crippen LogP contribution in [0.4, 0.5) is 5.82 Å². The molecular formula is C13H16N4O4. The summed E-state index contributed by atoms with van der Waals surface area (Å²) in [7, 11) is 1.65. The van der Waals surface area contributed by atoms with Crippen molar-refractivity contribution in [1.29, 1.82) is 0 Å². The molecule has 0 aromatic carbocycles. The van der Waals surface area contributed by atoms with Gasteiger partial charge >= 0.3 is 5.82 Å². The van der Waals surface area contributed by atoms with Gasteiger partial charge in [-0.1, -0.05) is 5.10 Å². The van der Waals surface area contributed by atoms with Gasteiger partial charge in [0.05, 0.1) is 12.3 Å². The van der Waals surface area contributed by atoms with E-state index in [0.717, 1.165) is 18.2 Å². The summed E-state index contributed by atoms with van der Waals surface area (Å²) in [5.74, 6) is 0.208. The van der Waals surface area contributed by atoms with Crippen molar-refractivity contribution < 1.29 is 14.1 Å². The van der Waals surface area contributed by atoms with Crippen LogP contribution in [-0.4, -0.2) is 39.0 Å². The lowest BCUT2D eigenvalue weighted by Crippen LogP contribution is -2.35. The van der Waals surface area contributed by atoms with Gasteiger partial charge in [-0.05, 0) is 30.4 Å². The average molecular weight is 292 g/mol. The number of nitrogens with one attached hydrogen (secondary N) is 1. The Hall–Kier alpha value is -2.64. The molecule has 0 bridgehead atoms. The lowest BCUT2D eigenvalue weighted by molar-refractivity contribution is -0.389. The summed E-state index contributed by atoms with van der Waals surface area (Å²) in [6.07, 6.45) is 3.05. The largest absolute Gasteiger partial charge is 0.469 e. The van der Waals surface area contributed by atoms with E-state index >= 15 is 0 Å². The lowest BCUT2D eigenvalue weighted by atomic mass is 10.1. The summed E-state index contributed by atoms with van der Waals surface area (Å²) in [4.78, 5) is 23.6. The first-order valence-corrected chi connectivity index (χ1v) is 6.48. The highest BCUT2D eigenvalue weighted by Gasteiger charge is 2.23. The maximum atomic E-state index is 12.2. The fourth-order valence-electron chi connectivity index (χ4n) is 1.90. The van der Waals surface area contributed by atoms with Crippen molar-refractivity contribution in [3.05, 3.63) is 46.0 Å². The summed E-state index contributed by atoms with van der Waals surface area (Å²) in [5, 5.41) is 16.5. The maximum Gasteiger partial charge on any atom is 0.343 e. The smallest absolute Gasteiger partial charge is 0.343 e. The molecule has 1 atom stereocenters. The molecule has 0 saturated heterocycles. The third kappa shape index (κ3) is 3.47. The predicted octanol–water partition coefficient (Wildman–Crippen LogP) is 2.00. The second-order valence-electron chi connectivity index (χ2n) is 4.78. The van der Waals surface area contributed by atoms with Gasteiger partial charge in [0.25, 0.3) is 5.91 Å². The first-order chi connectivity index (χ1) is 9.99. The second-order valence-corrected chi connectivity index (χ2v) is 4.78. The number of carbonyl (C=O) groups is 1. The van der Waals surface area contributed by atoms with Crippen LogP contribution in [0.2, 0.25) is 0 Å². The molecule has 0 saturated carbocycles. The van der Waals surface area contributed by atoms with Crippen molar-refractivity contribution in [3.8, 4) is 0 Å². The van der Waals surface area contributed by atoms with E-state index in [-0.39, 0.29) is 23.5 Å². The number of aryl methyl sites for hydroxylation is 1. The first kappa shape index (κ1) is 14.8. The Kier molecular flexibility index (Phi) is 4.36. The zero-order chi connectivity index (χ0) is 15.4. The Labute approximate surface area is 120 Å². The number of hydrogen-bond acceptors (Lipinski definition) is 5. The monoisotopic (exact) mass is 292 g/mol. The van der Waals surface area contributed by atoms with Gasteiger partial charge in [0.2, 0.25) is 0 Å². The van der Waals surface area contributed by atoms with Gasteiger partial charge in [0.1, 0.15) is 5.76 Å². The minimum atomic E-state index is -0.621. The molecule has 112 valence electrons. The number of nitro groups is 1. The fourth-order valence-corrected chi connectivity index (χ4v) is 1.90. The summed E-state index contributed by atoms with van der Waals surface area (Å²) < 4.78 is 5.24. The average Bonchev–Trinajstić information content (AvgIpc) is 3.13. The fraction of sp³-hybridized carbons (Fsp3) is 0.385. The van der Waals surface area contributed by atoms with Gasteiger partial charge < -0.3 is 19.4 Å². The number of carbonyl (C=O) groups excluding carboxylic acids is 1. The van der Waals surface area contributed by atoms with Crippen molar-refractivity contribution in [2.45, 2.75) is 25.8 Å². The normalized spacial score (nSPS) is 12.1. The van der Waals surface area contributed by atoms with Gasteiger partial charge in [-0.3, -0.25) is 4.79 Å². The molecule has 1 unspecified atom stereocenters. The number of H-pyrrole nitrogens is 1. The van der Waals surface area contributed by atoms with Crippen LogP contribution in [0.15, 0.2) is 28.9 Å². The van der Waals surface area contributed by atoms with E-state index < -0.39 is 4.92 Å². The number of furan rings is 1. The summed E-state index contributed by atoms with van der Waals surface area (Å²) >= 11 is 0. The first-order valence-electron chi connectivity index (χ1n) is 6.48. The van der Waals surface area contributed by atoms with Crippen molar-refractivity contribution in [1.82, 2.24) is 15.1 Å². The number of rotatable bonds is 6. The van der Waals surface area contributed by atoms with Crippen LogP contribution in [0.5, 0.6) is 0 Å². The van der Waals surface area contributed by atoms with Gasteiger partial charge in [0, 0.05) is 19.5 Å². The van der Waals surface area contributed by atoms with Crippen LogP contribution < -0.4 is 0 Å². The Morgan fingerprint density at radius 1 is 1.62 bits per heavy atom. The van der Waals surface area contributed by atoms with Gasteiger partial charge in [0.15, 0.2) is 5.69 Å². The minimum Gasteiger partial charge on any atom is -0.469 e. The molecule has 0 fully saturated rings. The van der Waals surface area contributed by atoms with Crippen molar-refractivity contribution in [2.24, 2.45) is 0 Å². The van der Waals surface area contributed by atoms with E-state index in [1.807, 2.05) is 19.1 Å². The number of hydrogen-bond donors (Lipinski definition) is 1. The van der Waals surface area contributed by atoms with Gasteiger partial charge in [-0.25, -0.2) is 0 Å². The number of aromatic nitrogens is 2. The van der Waals surface area contributed by atoms with Crippen LogP contribution in [0, 0.1) is 10.1 Å². The predicted molar refractivity (Wildman–Crippen MR) is 73.8 cm³/mol. The molecule has 0 aliphatic rings. The van der Waals surface area contributed by atoms with Crippen molar-refractivity contribution >= 4 is 11.7 Å². The van der Waals surface area contributed by atoms with E-state index in [4.69, 9.17) is 4.42 Å². The molecule has 0 aliphatic carbocycles. The highest BCUT2D eigenvalue weighted by atomic mass is 16.6. The Morgan fingerprint density at radius 3 is 2.95 bits per heavy atom. The number of nitrogens with zero attached hydrogens (tertiary/aromatic N) is 3. The molecule has 0 radical (unpaired) electrons. The maximum absolute atomic E-state index is 12.2. The van der Waals surface area contributed by atoms with Crippen LogP contribution in [0.3, 0.4) is 0 Å². The SMILES string of the molecule is CC(CCc1ccco1)N(C)C(=O)c1cc([N+](=O)[O-])[nH]n1. The standard InChI is InChI=1S/C13H16N4O4/c1-9(5-6-10-4-3-7-21-10)16(2)13(18)11-8-12(15-14-11)17(19)20/h3-4,7-9H,5-6H2,1-2H3,(H,14,15). The van der Waals surface area contributed by atoms with E-state index in [2.05, 4.69) is 10.2 Å². The Bertz CT molecular complexity index is 620. The quantitative estimate of drug-likeness (QED) is 0.647. The minimum absolute atomic E-state index is 0.0362. The molecule has 0 aliphatic heterocycles. The van der Waals surface area contributed by atoms with Crippen LogP contribution >= 0.6 is 0 Å². The van der Waals surface area contributed by atoms with Crippen LogP contribution in [0.25, 0.3) is 0 Å². The summed E-state index contributed by atoms with van der Waals surface area (Å²) in [6.45, 7) is 1.90. The molecular weight excluding hydrogens is 276 g/mol. The van der Waals surface area contributed by atoms with E-state index in [1.54, 1.807) is 13.3 Å². The van der Waals surface area contributed by atoms with Crippen LogP contribution in [-0.2, 0) is 6.42 Å². The number of aromatic amines is 1. The van der Waals surface area contributed by atoms with Crippen LogP contribution in [0.1, 0.15) is 29.6 Å². The third-order valence-corrected chi connectivity index (χ3v) is 3.35. The zero-order valence-electron chi connectivity index (χ0n) is 11.8. The molecule has 8 heteroatoms. The van der Waals surface area contributed by atoms with Gasteiger partial charge in [-0.15, -0.1) is 5.10 Å². The Balaban J connectivity index is 1.95. The number of amides is 1. The molecule has 8 nitrogen and oxygen atoms in total. The molecule has 2 heterocycles. The molecule has 2 aromatic heterocycles. The second kappa shape index (κ2) is 6.21. The molecule has 2 rings (SSSR count). The van der Waals surface area contributed by atoms with Crippen molar-refractivity contribution in [3.63, 3.8) is 0 Å². The topological polar surface area (TPSA) is 105 Å².